The van der Waals surface area contributed by atoms with Gasteiger partial charge in [0.15, 0.2) is 0 Å². The van der Waals surface area contributed by atoms with Crippen molar-refractivity contribution in [1.82, 2.24) is 9.80 Å². The molecule has 20 heavy (non-hydrogen) atoms. The molecule has 1 unspecified atom stereocenters. The topological polar surface area (TPSA) is 81.1 Å². The Balaban J connectivity index is 2.78. The number of hydrogen-bond acceptors (Lipinski definition) is 3. The Morgan fingerprint density at radius 2 is 1.85 bits per heavy atom. The Kier molecular flexibility index (Phi) is 6.78. The number of aliphatic hydroxyl groups is 1. The van der Waals surface area contributed by atoms with E-state index in [1.165, 1.54) is 18.4 Å². The second-order valence-corrected chi connectivity index (χ2v) is 5.36. The summed E-state index contributed by atoms with van der Waals surface area (Å²) in [6, 6.07) is -0.982. The third kappa shape index (κ3) is 4.10. The molecule has 0 heterocycles. The van der Waals surface area contributed by atoms with Crippen LogP contribution in [0.3, 0.4) is 0 Å². The van der Waals surface area contributed by atoms with Gasteiger partial charge in [-0.05, 0) is 19.3 Å². The maximum absolute atomic E-state index is 12.5. The van der Waals surface area contributed by atoms with Gasteiger partial charge in [0, 0.05) is 19.6 Å². The van der Waals surface area contributed by atoms with E-state index in [0.717, 1.165) is 25.7 Å². The molecule has 0 spiro atoms. The minimum absolute atomic E-state index is 0.0973. The second kappa shape index (κ2) is 8.09. The maximum Gasteiger partial charge on any atom is 0.326 e. The van der Waals surface area contributed by atoms with Crippen molar-refractivity contribution in [2.75, 3.05) is 20.2 Å². The molecule has 1 aliphatic rings. The average Bonchev–Trinajstić information content (AvgIpc) is 2.45. The fourth-order valence-electron chi connectivity index (χ4n) is 2.88. The van der Waals surface area contributed by atoms with E-state index in [4.69, 9.17) is 5.11 Å². The van der Waals surface area contributed by atoms with Crippen molar-refractivity contribution in [1.29, 1.82) is 0 Å². The number of carboxylic acid groups (broad SMARTS) is 1. The molecule has 6 heteroatoms. The molecule has 0 bridgehead atoms. The monoisotopic (exact) mass is 286 g/mol. The lowest BCUT2D eigenvalue weighted by Gasteiger charge is -2.37. The third-order valence-corrected chi connectivity index (χ3v) is 4.04. The van der Waals surface area contributed by atoms with Gasteiger partial charge in [-0.25, -0.2) is 9.59 Å². The molecule has 6 nitrogen and oxygen atoms in total. The van der Waals surface area contributed by atoms with Crippen LogP contribution in [0.4, 0.5) is 4.79 Å². The summed E-state index contributed by atoms with van der Waals surface area (Å²) in [4.78, 5) is 26.6. The van der Waals surface area contributed by atoms with Gasteiger partial charge in [0.05, 0.1) is 6.61 Å². The minimum Gasteiger partial charge on any atom is -0.480 e. The lowest BCUT2D eigenvalue weighted by molar-refractivity contribution is -0.142. The lowest BCUT2D eigenvalue weighted by atomic mass is 9.94. The number of carbonyl (C=O) groups excluding carboxylic acids is 1. The van der Waals surface area contributed by atoms with Crippen LogP contribution in [0.15, 0.2) is 0 Å². The van der Waals surface area contributed by atoms with Crippen LogP contribution in [0.25, 0.3) is 0 Å². The van der Waals surface area contributed by atoms with Gasteiger partial charge in [0.25, 0.3) is 0 Å². The van der Waals surface area contributed by atoms with E-state index in [0.29, 0.717) is 6.42 Å². The molecule has 1 rings (SSSR count). The summed E-state index contributed by atoms with van der Waals surface area (Å²) in [5.41, 5.74) is 0. The van der Waals surface area contributed by atoms with Crippen LogP contribution < -0.4 is 0 Å². The third-order valence-electron chi connectivity index (χ3n) is 4.04. The fraction of sp³-hybridized carbons (Fsp3) is 0.857. The Morgan fingerprint density at radius 3 is 2.30 bits per heavy atom. The fourth-order valence-corrected chi connectivity index (χ4v) is 2.88. The quantitative estimate of drug-likeness (QED) is 0.776. The summed E-state index contributed by atoms with van der Waals surface area (Å²) >= 11 is 0. The molecule has 0 saturated heterocycles. The molecule has 116 valence electrons. The van der Waals surface area contributed by atoms with Gasteiger partial charge in [-0.1, -0.05) is 26.2 Å². The number of nitrogens with zero attached hydrogens (tertiary/aromatic N) is 2. The van der Waals surface area contributed by atoms with Crippen LogP contribution in [-0.2, 0) is 4.79 Å². The van der Waals surface area contributed by atoms with Crippen molar-refractivity contribution in [2.45, 2.75) is 57.5 Å². The number of carboxylic acids is 1. The molecule has 0 aromatic carbocycles. The smallest absolute Gasteiger partial charge is 0.326 e. The van der Waals surface area contributed by atoms with Crippen LogP contribution in [0, 0.1) is 0 Å². The molecule has 1 aliphatic carbocycles. The highest BCUT2D eigenvalue weighted by atomic mass is 16.4. The van der Waals surface area contributed by atoms with Gasteiger partial charge in [0.2, 0.25) is 0 Å². The first-order valence-corrected chi connectivity index (χ1v) is 7.40. The Morgan fingerprint density at radius 1 is 1.25 bits per heavy atom. The highest BCUT2D eigenvalue weighted by molar-refractivity contribution is 5.82. The van der Waals surface area contributed by atoms with Crippen LogP contribution >= 0.6 is 0 Å². The van der Waals surface area contributed by atoms with Gasteiger partial charge in [-0.3, -0.25) is 0 Å². The first-order chi connectivity index (χ1) is 9.52. The van der Waals surface area contributed by atoms with Gasteiger partial charge in [-0.2, -0.15) is 0 Å². The number of rotatable bonds is 6. The van der Waals surface area contributed by atoms with E-state index in [1.54, 1.807) is 11.8 Å². The summed E-state index contributed by atoms with van der Waals surface area (Å²) in [6.07, 6.45) is 5.59. The van der Waals surface area contributed by atoms with Gasteiger partial charge in [-0.15, -0.1) is 0 Å². The summed E-state index contributed by atoms with van der Waals surface area (Å²) in [7, 11) is 1.53. The average molecular weight is 286 g/mol. The number of hydrogen-bond donors (Lipinski definition) is 2. The Bertz CT molecular complexity index is 329. The van der Waals surface area contributed by atoms with E-state index in [2.05, 4.69) is 0 Å². The maximum atomic E-state index is 12.5. The molecular weight excluding hydrogens is 260 g/mol. The minimum atomic E-state index is -0.990. The summed E-state index contributed by atoms with van der Waals surface area (Å²) in [5.74, 6) is -0.990. The Labute approximate surface area is 120 Å². The van der Waals surface area contributed by atoms with Crippen molar-refractivity contribution >= 4 is 12.0 Å². The van der Waals surface area contributed by atoms with Crippen molar-refractivity contribution in [3.8, 4) is 0 Å². The van der Waals surface area contributed by atoms with E-state index in [-0.39, 0.29) is 25.2 Å². The molecule has 2 N–H and O–H groups in total. The van der Waals surface area contributed by atoms with Crippen molar-refractivity contribution in [3.63, 3.8) is 0 Å². The zero-order chi connectivity index (χ0) is 15.1. The zero-order valence-electron chi connectivity index (χ0n) is 12.4. The van der Waals surface area contributed by atoms with Gasteiger partial charge in [0.1, 0.15) is 6.04 Å². The van der Waals surface area contributed by atoms with Crippen LogP contribution in [-0.4, -0.2) is 64.3 Å². The zero-order valence-corrected chi connectivity index (χ0v) is 12.4. The predicted molar refractivity (Wildman–Crippen MR) is 75.5 cm³/mol. The van der Waals surface area contributed by atoms with E-state index in [9.17, 15) is 14.7 Å². The van der Waals surface area contributed by atoms with Crippen LogP contribution in [0.5, 0.6) is 0 Å². The SMILES string of the molecule is CCC(C(=O)O)N(C)C(=O)N(CCO)C1CCCCC1. The summed E-state index contributed by atoms with van der Waals surface area (Å²) in [6.45, 7) is 1.92. The van der Waals surface area contributed by atoms with Crippen LogP contribution in [0.1, 0.15) is 45.4 Å². The highest BCUT2D eigenvalue weighted by Gasteiger charge is 2.32. The number of aliphatic hydroxyl groups excluding tert-OH is 1. The first-order valence-electron chi connectivity index (χ1n) is 7.40. The standard InChI is InChI=1S/C14H26N2O4/c1-3-12(13(18)19)15(2)14(20)16(9-10-17)11-7-5-4-6-8-11/h11-12,17H,3-10H2,1-2H3,(H,18,19). The molecule has 0 aromatic heterocycles. The van der Waals surface area contributed by atoms with Gasteiger partial charge >= 0.3 is 12.0 Å². The number of carbonyl (C=O) groups is 2. The first kappa shape index (κ1) is 16.8. The predicted octanol–water partition coefficient (Wildman–Crippen LogP) is 1.53. The van der Waals surface area contributed by atoms with E-state index < -0.39 is 12.0 Å². The summed E-state index contributed by atoms with van der Waals surface area (Å²) in [5, 5.41) is 18.3. The van der Waals surface area contributed by atoms with Crippen LogP contribution in [0.2, 0.25) is 0 Å². The lowest BCUT2D eigenvalue weighted by Crippen LogP contribution is -2.53. The molecule has 0 radical (unpaired) electrons. The number of aliphatic carboxylic acids is 1. The largest absolute Gasteiger partial charge is 0.480 e. The molecule has 0 aliphatic heterocycles. The van der Waals surface area contributed by atoms with Crippen molar-refractivity contribution in [2.24, 2.45) is 0 Å². The van der Waals surface area contributed by atoms with Crippen molar-refractivity contribution in [3.05, 3.63) is 0 Å². The normalized spacial score (nSPS) is 17.6. The second-order valence-electron chi connectivity index (χ2n) is 5.36. The molecular formula is C14H26N2O4. The summed E-state index contributed by atoms with van der Waals surface area (Å²) < 4.78 is 0. The molecule has 1 saturated carbocycles. The molecule has 2 amide bonds. The number of urea groups is 1. The number of likely N-dealkylation sites (N-methyl/N-ethyl adjacent to an activating group) is 1. The van der Waals surface area contributed by atoms with Crippen molar-refractivity contribution < 1.29 is 19.8 Å². The Hall–Kier alpha value is -1.30. The number of amides is 2. The molecule has 1 atom stereocenters. The van der Waals surface area contributed by atoms with Gasteiger partial charge < -0.3 is 20.0 Å². The molecule has 1 fully saturated rings. The highest BCUT2D eigenvalue weighted by Crippen LogP contribution is 2.23. The van der Waals surface area contributed by atoms with E-state index in [1.807, 2.05) is 0 Å². The molecule has 0 aromatic rings. The van der Waals surface area contributed by atoms with E-state index >= 15 is 0 Å².